The van der Waals surface area contributed by atoms with Crippen LogP contribution in [0.4, 0.5) is 0 Å². The Morgan fingerprint density at radius 3 is 2.43 bits per heavy atom. The van der Waals surface area contributed by atoms with E-state index < -0.39 is 0 Å². The molecule has 23 heavy (non-hydrogen) atoms. The van der Waals surface area contributed by atoms with Crippen molar-refractivity contribution in [2.24, 2.45) is 17.3 Å². The van der Waals surface area contributed by atoms with Crippen LogP contribution in [0.15, 0.2) is 65.2 Å². The van der Waals surface area contributed by atoms with Crippen molar-refractivity contribution in [3.8, 4) is 11.5 Å². The number of hydrogen-bond donors (Lipinski definition) is 0. The Labute approximate surface area is 147 Å². The average molecular weight is 347 g/mol. The molecule has 1 saturated carbocycles. The first-order valence-corrected chi connectivity index (χ1v) is 8.57. The lowest BCUT2D eigenvalue weighted by molar-refractivity contribution is 0.481. The molecule has 1 fully saturated rings. The normalized spacial score (nSPS) is 21.6. The summed E-state index contributed by atoms with van der Waals surface area (Å²) < 4.78 is 6.28. The van der Waals surface area contributed by atoms with E-state index in [1.165, 1.54) is 5.56 Å². The summed E-state index contributed by atoms with van der Waals surface area (Å²) in [6.45, 7) is 4.53. The first-order chi connectivity index (χ1) is 11.0. The fourth-order valence-corrected chi connectivity index (χ4v) is 3.53. The van der Waals surface area contributed by atoms with Gasteiger partial charge < -0.3 is 4.74 Å². The van der Waals surface area contributed by atoms with E-state index in [2.05, 4.69) is 26.0 Å². The number of benzene rings is 2. The minimum atomic E-state index is 0.241. The predicted molar refractivity (Wildman–Crippen MR) is 97.2 cm³/mol. The predicted octanol–water partition coefficient (Wildman–Crippen LogP) is 6.61. The lowest BCUT2D eigenvalue weighted by Gasteiger charge is -2.08. The van der Waals surface area contributed by atoms with Gasteiger partial charge in [-0.2, -0.15) is 0 Å². The summed E-state index contributed by atoms with van der Waals surface area (Å²) in [5.74, 6) is 2.72. The van der Waals surface area contributed by atoms with Gasteiger partial charge in [-0.1, -0.05) is 73.5 Å². The SMILES string of the molecule is CC1(C)[C@H](Cc2cccc(Oc3ccccc3)c2)[C@@H]1C=C(Cl)Cl. The minimum absolute atomic E-state index is 0.241. The molecule has 1 aliphatic carbocycles. The summed E-state index contributed by atoms with van der Waals surface area (Å²) in [7, 11) is 0. The summed E-state index contributed by atoms with van der Waals surface area (Å²) in [6, 6.07) is 18.1. The fourth-order valence-electron chi connectivity index (χ4n) is 3.26. The summed E-state index contributed by atoms with van der Waals surface area (Å²) >= 11 is 11.7. The van der Waals surface area contributed by atoms with Crippen molar-refractivity contribution in [2.45, 2.75) is 20.3 Å². The van der Waals surface area contributed by atoms with Crippen molar-refractivity contribution in [1.82, 2.24) is 0 Å². The highest BCUT2D eigenvalue weighted by Gasteiger charge is 2.55. The number of ether oxygens (including phenoxy) is 1. The highest BCUT2D eigenvalue weighted by Crippen LogP contribution is 2.61. The number of para-hydroxylation sites is 1. The third kappa shape index (κ3) is 3.91. The number of halogens is 2. The van der Waals surface area contributed by atoms with Crippen LogP contribution >= 0.6 is 23.2 Å². The molecule has 0 heterocycles. The van der Waals surface area contributed by atoms with Gasteiger partial charge in [0.05, 0.1) is 0 Å². The first-order valence-electron chi connectivity index (χ1n) is 7.81. The maximum absolute atomic E-state index is 5.91. The topological polar surface area (TPSA) is 9.23 Å². The van der Waals surface area contributed by atoms with Crippen LogP contribution in [0.1, 0.15) is 19.4 Å². The monoisotopic (exact) mass is 346 g/mol. The maximum Gasteiger partial charge on any atom is 0.127 e. The number of rotatable bonds is 5. The molecule has 0 saturated heterocycles. The summed E-state index contributed by atoms with van der Waals surface area (Å²) in [6.07, 6.45) is 2.97. The Kier molecular flexibility index (Phi) is 4.70. The van der Waals surface area contributed by atoms with Crippen molar-refractivity contribution in [3.05, 3.63) is 70.7 Å². The van der Waals surface area contributed by atoms with E-state index in [0.29, 0.717) is 16.3 Å². The van der Waals surface area contributed by atoms with Crippen molar-refractivity contribution in [1.29, 1.82) is 0 Å². The Hall–Kier alpha value is -1.44. The van der Waals surface area contributed by atoms with Crippen LogP contribution in [0.2, 0.25) is 0 Å². The van der Waals surface area contributed by atoms with E-state index in [1.54, 1.807) is 0 Å². The second kappa shape index (κ2) is 6.59. The van der Waals surface area contributed by atoms with Gasteiger partial charge >= 0.3 is 0 Å². The second-order valence-corrected chi connectivity index (χ2v) is 7.68. The molecule has 2 aromatic carbocycles. The van der Waals surface area contributed by atoms with Crippen LogP contribution < -0.4 is 4.74 Å². The summed E-state index contributed by atoms with van der Waals surface area (Å²) in [5, 5.41) is 0. The number of allylic oxidation sites excluding steroid dienone is 1. The zero-order valence-corrected chi connectivity index (χ0v) is 14.8. The zero-order valence-electron chi connectivity index (χ0n) is 13.3. The maximum atomic E-state index is 5.91. The van der Waals surface area contributed by atoms with E-state index in [-0.39, 0.29) is 5.41 Å². The quantitative estimate of drug-likeness (QED) is 0.591. The molecule has 2 atom stereocenters. The van der Waals surface area contributed by atoms with Crippen LogP contribution in [-0.2, 0) is 6.42 Å². The van der Waals surface area contributed by atoms with Crippen LogP contribution in [0, 0.1) is 17.3 Å². The number of hydrogen-bond acceptors (Lipinski definition) is 1. The molecule has 0 bridgehead atoms. The molecule has 0 amide bonds. The molecule has 0 N–H and O–H groups in total. The van der Waals surface area contributed by atoms with Gasteiger partial charge in [0.25, 0.3) is 0 Å². The van der Waals surface area contributed by atoms with E-state index in [9.17, 15) is 0 Å². The average Bonchev–Trinajstić information content (AvgIpc) is 3.00. The van der Waals surface area contributed by atoms with Gasteiger partial charge in [0.1, 0.15) is 16.0 Å². The fraction of sp³-hybridized carbons (Fsp3) is 0.300. The molecular formula is C20H20Cl2O. The zero-order chi connectivity index (χ0) is 16.4. The van der Waals surface area contributed by atoms with Gasteiger partial charge in [-0.25, -0.2) is 0 Å². The van der Waals surface area contributed by atoms with Crippen molar-refractivity contribution >= 4 is 23.2 Å². The molecule has 120 valence electrons. The van der Waals surface area contributed by atoms with Gasteiger partial charge in [-0.3, -0.25) is 0 Å². The molecule has 1 aliphatic rings. The standard InChI is InChI=1S/C20H20Cl2O/c1-20(2)17(18(20)13-19(21)22)12-14-7-6-10-16(11-14)23-15-8-4-3-5-9-15/h3-11,13,17-18H,12H2,1-2H3/t17-,18+/m1/s1. The van der Waals surface area contributed by atoms with Gasteiger partial charge in [-0.15, -0.1) is 0 Å². The van der Waals surface area contributed by atoms with Crippen molar-refractivity contribution in [2.75, 3.05) is 0 Å². The molecule has 3 rings (SSSR count). The lowest BCUT2D eigenvalue weighted by atomic mass is 10.0. The molecule has 0 radical (unpaired) electrons. The van der Waals surface area contributed by atoms with Gasteiger partial charge in [0.15, 0.2) is 0 Å². The van der Waals surface area contributed by atoms with Gasteiger partial charge in [0.2, 0.25) is 0 Å². The van der Waals surface area contributed by atoms with Crippen molar-refractivity contribution < 1.29 is 4.74 Å². The van der Waals surface area contributed by atoms with Crippen LogP contribution in [0.25, 0.3) is 0 Å². The Balaban J connectivity index is 1.70. The second-order valence-electron chi connectivity index (χ2n) is 6.68. The third-order valence-electron chi connectivity index (χ3n) is 4.78. The molecule has 0 aromatic heterocycles. The van der Waals surface area contributed by atoms with Gasteiger partial charge in [0, 0.05) is 0 Å². The lowest BCUT2D eigenvalue weighted by Crippen LogP contribution is -1.95. The van der Waals surface area contributed by atoms with E-state index in [4.69, 9.17) is 27.9 Å². The molecule has 0 unspecified atom stereocenters. The Morgan fingerprint density at radius 2 is 1.74 bits per heavy atom. The largest absolute Gasteiger partial charge is 0.457 e. The molecule has 2 aromatic rings. The molecule has 0 spiro atoms. The Bertz CT molecular complexity index is 703. The van der Waals surface area contributed by atoms with Gasteiger partial charge in [-0.05, 0) is 53.5 Å². The molecule has 0 aliphatic heterocycles. The van der Waals surface area contributed by atoms with Crippen LogP contribution in [-0.4, -0.2) is 0 Å². The first kappa shape index (κ1) is 16.4. The molecule has 3 heteroatoms. The smallest absolute Gasteiger partial charge is 0.127 e. The van der Waals surface area contributed by atoms with Crippen LogP contribution in [0.3, 0.4) is 0 Å². The molecule has 1 nitrogen and oxygen atoms in total. The minimum Gasteiger partial charge on any atom is -0.457 e. The summed E-state index contributed by atoms with van der Waals surface area (Å²) in [5.41, 5.74) is 1.52. The van der Waals surface area contributed by atoms with E-state index in [1.807, 2.05) is 48.5 Å². The highest BCUT2D eigenvalue weighted by molar-refractivity contribution is 6.55. The molecular weight excluding hydrogens is 327 g/mol. The van der Waals surface area contributed by atoms with Crippen LogP contribution in [0.5, 0.6) is 11.5 Å². The van der Waals surface area contributed by atoms with Crippen molar-refractivity contribution in [3.63, 3.8) is 0 Å². The van der Waals surface area contributed by atoms with E-state index >= 15 is 0 Å². The highest BCUT2D eigenvalue weighted by atomic mass is 35.5. The van der Waals surface area contributed by atoms with E-state index in [0.717, 1.165) is 17.9 Å². The Morgan fingerprint density at radius 1 is 1.04 bits per heavy atom. The summed E-state index contributed by atoms with van der Waals surface area (Å²) in [4.78, 5) is 0. The third-order valence-corrected chi connectivity index (χ3v) is 5.03.